The zero-order chi connectivity index (χ0) is 16.5. The number of rotatable bonds is 3. The van der Waals surface area contributed by atoms with Gasteiger partial charge in [-0.15, -0.1) is 0 Å². The lowest BCUT2D eigenvalue weighted by Crippen LogP contribution is -2.44. The number of pyridine rings is 1. The molecule has 0 amide bonds. The van der Waals surface area contributed by atoms with E-state index < -0.39 is 8.32 Å². The Morgan fingerprint density at radius 3 is 2.32 bits per heavy atom. The number of anilines is 1. The molecule has 0 saturated heterocycles. The highest BCUT2D eigenvalue weighted by atomic mass is 28.4. The predicted octanol–water partition coefficient (Wildman–Crippen LogP) is 5.40. The number of nitrogen functional groups attached to an aromatic ring is 1. The molecule has 1 aliphatic carbocycles. The molecule has 2 rings (SSSR count). The molecular weight excluding hydrogens is 288 g/mol. The molecule has 2 N–H and O–H groups in total. The van der Waals surface area contributed by atoms with Crippen molar-refractivity contribution in [3.63, 3.8) is 0 Å². The third-order valence-corrected chi connectivity index (χ3v) is 9.76. The lowest BCUT2D eigenvalue weighted by molar-refractivity contribution is 0.435. The summed E-state index contributed by atoms with van der Waals surface area (Å²) >= 11 is 0. The molecule has 3 nitrogen and oxygen atoms in total. The molecule has 1 fully saturated rings. The Hall–Kier alpha value is -1.03. The lowest BCUT2D eigenvalue weighted by Gasteiger charge is -2.37. The molecule has 0 radical (unpaired) electrons. The number of hydrogen-bond acceptors (Lipinski definition) is 3. The van der Waals surface area contributed by atoms with Crippen LogP contribution >= 0.6 is 0 Å². The molecule has 0 aliphatic heterocycles. The molecule has 1 aromatic heterocycles. The van der Waals surface area contributed by atoms with Gasteiger partial charge in [0.05, 0.1) is 11.4 Å². The summed E-state index contributed by atoms with van der Waals surface area (Å²) in [4.78, 5) is 4.66. The van der Waals surface area contributed by atoms with E-state index in [4.69, 9.17) is 10.2 Å². The largest absolute Gasteiger partial charge is 0.542 e. The molecule has 1 aromatic rings. The summed E-state index contributed by atoms with van der Waals surface area (Å²) in [7, 11) is -1.89. The number of hydrogen-bond donors (Lipinski definition) is 1. The Morgan fingerprint density at radius 1 is 1.18 bits per heavy atom. The van der Waals surface area contributed by atoms with Crippen LogP contribution in [0.15, 0.2) is 6.20 Å². The molecule has 0 aromatic carbocycles. The normalized spacial score (nSPS) is 17.5. The van der Waals surface area contributed by atoms with Crippen molar-refractivity contribution < 1.29 is 4.43 Å². The van der Waals surface area contributed by atoms with E-state index >= 15 is 0 Å². The topological polar surface area (TPSA) is 48.1 Å². The SMILES string of the molecule is Cc1cnc(C2CCCCC2)c(N)c1O[Si](C)(C)C(C)(C)C. The van der Waals surface area contributed by atoms with Crippen molar-refractivity contribution in [2.24, 2.45) is 0 Å². The molecule has 124 valence electrons. The van der Waals surface area contributed by atoms with E-state index in [1.54, 1.807) is 0 Å². The Balaban J connectivity index is 2.35. The molecule has 0 bridgehead atoms. The number of nitrogens with two attached hydrogens (primary N) is 1. The van der Waals surface area contributed by atoms with Gasteiger partial charge in [-0.2, -0.15) is 0 Å². The van der Waals surface area contributed by atoms with E-state index in [-0.39, 0.29) is 5.04 Å². The predicted molar refractivity (Wildman–Crippen MR) is 97.0 cm³/mol. The quantitative estimate of drug-likeness (QED) is 0.758. The minimum absolute atomic E-state index is 0.167. The van der Waals surface area contributed by atoms with Crippen molar-refractivity contribution in [1.29, 1.82) is 0 Å². The number of aromatic nitrogens is 1. The van der Waals surface area contributed by atoms with Crippen LogP contribution in [0.5, 0.6) is 5.75 Å². The van der Waals surface area contributed by atoms with Crippen LogP contribution in [0.3, 0.4) is 0 Å². The summed E-state index contributed by atoms with van der Waals surface area (Å²) < 4.78 is 6.53. The molecule has 0 spiro atoms. The van der Waals surface area contributed by atoms with E-state index in [0.717, 1.165) is 22.7 Å². The zero-order valence-electron chi connectivity index (χ0n) is 15.1. The molecule has 4 heteroatoms. The smallest absolute Gasteiger partial charge is 0.250 e. The van der Waals surface area contributed by atoms with Crippen LogP contribution in [0.4, 0.5) is 5.69 Å². The van der Waals surface area contributed by atoms with Gasteiger partial charge in [0.25, 0.3) is 8.32 Å². The summed E-state index contributed by atoms with van der Waals surface area (Å²) in [6, 6.07) is 0. The van der Waals surface area contributed by atoms with Crippen molar-refractivity contribution in [2.45, 2.75) is 83.8 Å². The van der Waals surface area contributed by atoms with E-state index in [9.17, 15) is 0 Å². The minimum Gasteiger partial charge on any atom is -0.542 e. The third-order valence-electron chi connectivity index (χ3n) is 5.43. The molecule has 1 heterocycles. The highest BCUT2D eigenvalue weighted by molar-refractivity contribution is 6.74. The van der Waals surface area contributed by atoms with Crippen LogP contribution in [0, 0.1) is 6.92 Å². The van der Waals surface area contributed by atoms with E-state index in [2.05, 4.69) is 45.8 Å². The van der Waals surface area contributed by atoms with Crippen molar-refractivity contribution in [2.75, 3.05) is 5.73 Å². The molecular formula is C18H32N2OSi. The minimum atomic E-state index is -1.89. The van der Waals surface area contributed by atoms with Crippen LogP contribution in [0.1, 0.15) is 70.1 Å². The van der Waals surface area contributed by atoms with Gasteiger partial charge in [-0.1, -0.05) is 40.0 Å². The van der Waals surface area contributed by atoms with Crippen molar-refractivity contribution in [1.82, 2.24) is 4.98 Å². The van der Waals surface area contributed by atoms with Gasteiger partial charge in [0.2, 0.25) is 0 Å². The fraction of sp³-hybridized carbons (Fsp3) is 0.722. The summed E-state index contributed by atoms with van der Waals surface area (Å²) in [5.41, 5.74) is 9.41. The standard InChI is InChI=1S/C18H32N2OSi/c1-13-12-20-16(14-10-8-7-9-11-14)15(19)17(13)21-22(5,6)18(2,3)4/h12,14H,7-11,19H2,1-6H3. The number of nitrogens with zero attached hydrogens (tertiary/aromatic N) is 1. The average Bonchev–Trinajstić information content (AvgIpc) is 2.43. The Kier molecular flexibility index (Phi) is 4.90. The van der Waals surface area contributed by atoms with Gasteiger partial charge in [0.1, 0.15) is 5.75 Å². The maximum atomic E-state index is 6.53. The number of aryl methyl sites for hydroxylation is 1. The van der Waals surface area contributed by atoms with E-state index in [1.807, 2.05) is 6.20 Å². The van der Waals surface area contributed by atoms with E-state index in [0.29, 0.717) is 5.92 Å². The molecule has 0 unspecified atom stereocenters. The van der Waals surface area contributed by atoms with Crippen LogP contribution in [0.2, 0.25) is 18.1 Å². The fourth-order valence-electron chi connectivity index (χ4n) is 2.87. The second-order valence-corrected chi connectivity index (χ2v) is 13.0. The van der Waals surface area contributed by atoms with E-state index in [1.165, 1.54) is 32.1 Å². The average molecular weight is 321 g/mol. The molecule has 1 aliphatic rings. The maximum absolute atomic E-state index is 6.53. The first-order valence-corrected chi connectivity index (χ1v) is 11.5. The van der Waals surface area contributed by atoms with Gasteiger partial charge in [0, 0.05) is 17.7 Å². The van der Waals surface area contributed by atoms with Crippen molar-refractivity contribution in [3.8, 4) is 5.75 Å². The maximum Gasteiger partial charge on any atom is 0.250 e. The summed E-state index contributed by atoms with van der Waals surface area (Å²) in [5.74, 6) is 1.40. The van der Waals surface area contributed by atoms with Gasteiger partial charge in [0.15, 0.2) is 0 Å². The first-order chi connectivity index (χ1) is 10.1. The van der Waals surface area contributed by atoms with Crippen LogP contribution in [-0.4, -0.2) is 13.3 Å². The van der Waals surface area contributed by atoms with Gasteiger partial charge >= 0.3 is 0 Å². The Bertz CT molecular complexity index is 529. The van der Waals surface area contributed by atoms with Gasteiger partial charge in [-0.3, -0.25) is 4.98 Å². The Labute approximate surface area is 136 Å². The lowest BCUT2D eigenvalue weighted by atomic mass is 9.86. The monoisotopic (exact) mass is 320 g/mol. The van der Waals surface area contributed by atoms with Gasteiger partial charge in [-0.25, -0.2) is 0 Å². The summed E-state index contributed by atoms with van der Waals surface area (Å²) in [6.45, 7) is 13.4. The molecule has 1 saturated carbocycles. The highest BCUT2D eigenvalue weighted by Gasteiger charge is 2.40. The highest BCUT2D eigenvalue weighted by Crippen LogP contribution is 2.43. The second-order valence-electron chi connectivity index (χ2n) is 8.27. The van der Waals surface area contributed by atoms with Gasteiger partial charge < -0.3 is 10.2 Å². The first-order valence-electron chi connectivity index (χ1n) is 8.57. The van der Waals surface area contributed by atoms with Gasteiger partial charge in [-0.05, 0) is 37.9 Å². The van der Waals surface area contributed by atoms with Crippen LogP contribution < -0.4 is 10.2 Å². The molecule has 22 heavy (non-hydrogen) atoms. The van der Waals surface area contributed by atoms with Crippen molar-refractivity contribution >= 4 is 14.0 Å². The van der Waals surface area contributed by atoms with Crippen molar-refractivity contribution in [3.05, 3.63) is 17.5 Å². The summed E-state index contributed by atoms with van der Waals surface area (Å²) in [5, 5.41) is 0.167. The van der Waals surface area contributed by atoms with Crippen LogP contribution in [-0.2, 0) is 0 Å². The third kappa shape index (κ3) is 3.48. The second kappa shape index (κ2) is 6.23. The summed E-state index contributed by atoms with van der Waals surface area (Å²) in [6.07, 6.45) is 8.29. The first kappa shape index (κ1) is 17.3. The zero-order valence-corrected chi connectivity index (χ0v) is 16.1. The fourth-order valence-corrected chi connectivity index (χ4v) is 3.96. The molecule has 0 atom stereocenters. The Morgan fingerprint density at radius 2 is 1.77 bits per heavy atom. The van der Waals surface area contributed by atoms with Crippen LogP contribution in [0.25, 0.3) is 0 Å².